The number of nitrogens with one attached hydrogen (secondary N) is 1. The highest BCUT2D eigenvalue weighted by atomic mass is 35.5. The van der Waals surface area contributed by atoms with Gasteiger partial charge in [0, 0.05) is 62.0 Å². The summed E-state index contributed by atoms with van der Waals surface area (Å²) >= 11 is 6.14. The lowest BCUT2D eigenvalue weighted by atomic mass is 9.93. The first-order valence-corrected chi connectivity index (χ1v) is 14.0. The van der Waals surface area contributed by atoms with Crippen LogP contribution in [-0.4, -0.2) is 78.4 Å². The molecule has 196 valence electrons. The van der Waals surface area contributed by atoms with Crippen LogP contribution < -0.4 is 5.32 Å². The van der Waals surface area contributed by atoms with Crippen LogP contribution in [0.2, 0.25) is 5.02 Å². The summed E-state index contributed by atoms with van der Waals surface area (Å²) in [4.78, 5) is 45.0. The molecule has 8 heteroatoms. The molecule has 1 aromatic rings. The predicted octanol–water partition coefficient (Wildman–Crippen LogP) is 4.11. The van der Waals surface area contributed by atoms with E-state index in [0.29, 0.717) is 50.6 Å². The first kappa shape index (κ1) is 25.4. The Morgan fingerprint density at radius 3 is 2.31 bits per heavy atom. The van der Waals surface area contributed by atoms with E-state index in [4.69, 9.17) is 11.6 Å². The van der Waals surface area contributed by atoms with E-state index in [1.165, 1.54) is 12.8 Å². The van der Waals surface area contributed by atoms with Gasteiger partial charge in [0.25, 0.3) is 0 Å². The van der Waals surface area contributed by atoms with Crippen LogP contribution in [0.1, 0.15) is 63.4 Å². The SMILES string of the molecule is CN(C(=O)NCCC1CC1)C1CN(C(=O)C2CCN(C(=O)C3(C)CC3)CC2)CC1c1ccc(Cl)cc1. The van der Waals surface area contributed by atoms with E-state index in [-0.39, 0.29) is 41.1 Å². The molecule has 0 spiro atoms. The molecule has 5 rings (SSSR count). The molecule has 2 aliphatic carbocycles. The van der Waals surface area contributed by atoms with Gasteiger partial charge >= 0.3 is 6.03 Å². The van der Waals surface area contributed by atoms with Gasteiger partial charge in [-0.15, -0.1) is 0 Å². The summed E-state index contributed by atoms with van der Waals surface area (Å²) in [7, 11) is 1.84. The second kappa shape index (κ2) is 10.2. The summed E-state index contributed by atoms with van der Waals surface area (Å²) in [5, 5.41) is 3.75. The Balaban J connectivity index is 1.23. The fraction of sp³-hybridized carbons (Fsp3) is 0.679. The van der Waals surface area contributed by atoms with E-state index in [1.807, 2.05) is 48.0 Å². The second-order valence-electron chi connectivity index (χ2n) is 11.7. The number of nitrogens with zero attached hydrogens (tertiary/aromatic N) is 3. The van der Waals surface area contributed by atoms with Crippen molar-refractivity contribution in [2.75, 3.05) is 39.8 Å². The van der Waals surface area contributed by atoms with Gasteiger partial charge in [-0.1, -0.05) is 43.5 Å². The minimum atomic E-state index is -0.158. The fourth-order valence-electron chi connectivity index (χ4n) is 5.83. The van der Waals surface area contributed by atoms with Crippen LogP contribution in [-0.2, 0) is 9.59 Å². The van der Waals surface area contributed by atoms with Crippen molar-refractivity contribution in [2.24, 2.45) is 17.3 Å². The van der Waals surface area contributed by atoms with Gasteiger partial charge in [-0.05, 0) is 55.7 Å². The van der Waals surface area contributed by atoms with Gasteiger partial charge in [0.05, 0.1) is 6.04 Å². The van der Waals surface area contributed by atoms with Gasteiger partial charge in [-0.2, -0.15) is 0 Å². The molecular weight excluding hydrogens is 476 g/mol. The van der Waals surface area contributed by atoms with Crippen LogP contribution in [0.5, 0.6) is 0 Å². The number of urea groups is 1. The molecule has 0 radical (unpaired) electrons. The zero-order valence-electron chi connectivity index (χ0n) is 21.5. The number of hydrogen-bond acceptors (Lipinski definition) is 3. The van der Waals surface area contributed by atoms with Crippen molar-refractivity contribution in [3.8, 4) is 0 Å². The van der Waals surface area contributed by atoms with E-state index in [9.17, 15) is 14.4 Å². The Labute approximate surface area is 219 Å². The number of likely N-dealkylation sites (N-methyl/N-ethyl adjacent to an activating group) is 1. The molecule has 36 heavy (non-hydrogen) atoms. The Kier molecular flexibility index (Phi) is 7.21. The quantitative estimate of drug-likeness (QED) is 0.595. The van der Waals surface area contributed by atoms with Crippen molar-refractivity contribution in [1.82, 2.24) is 20.0 Å². The zero-order chi connectivity index (χ0) is 25.4. The third-order valence-electron chi connectivity index (χ3n) is 8.89. The van der Waals surface area contributed by atoms with Crippen molar-refractivity contribution in [3.63, 3.8) is 0 Å². The first-order valence-electron chi connectivity index (χ1n) is 13.6. The van der Waals surface area contributed by atoms with Crippen molar-refractivity contribution in [1.29, 1.82) is 0 Å². The minimum Gasteiger partial charge on any atom is -0.342 e. The largest absolute Gasteiger partial charge is 0.342 e. The topological polar surface area (TPSA) is 73.0 Å². The molecule has 0 aromatic heterocycles. The van der Waals surface area contributed by atoms with E-state index in [1.54, 1.807) is 4.90 Å². The van der Waals surface area contributed by atoms with Crippen LogP contribution in [0.25, 0.3) is 0 Å². The van der Waals surface area contributed by atoms with Gasteiger partial charge < -0.3 is 20.0 Å². The molecule has 2 atom stereocenters. The van der Waals surface area contributed by atoms with Gasteiger partial charge in [0.1, 0.15) is 0 Å². The van der Waals surface area contributed by atoms with Crippen LogP contribution in [0, 0.1) is 17.3 Å². The normalized spacial score (nSPS) is 25.5. The molecule has 2 aliphatic heterocycles. The Hall–Kier alpha value is -2.28. The highest BCUT2D eigenvalue weighted by Gasteiger charge is 2.48. The van der Waals surface area contributed by atoms with Gasteiger partial charge in [0.15, 0.2) is 0 Å². The standard InChI is InChI=1S/C28H39ClN4O3/c1-28(12-13-28)26(35)32-15-10-21(11-16-32)25(34)33-17-23(20-5-7-22(29)8-6-20)24(18-33)31(2)27(36)30-14-9-19-3-4-19/h5-8,19,21,23-24H,3-4,9-18H2,1-2H3,(H,30,36). The Morgan fingerprint density at radius 2 is 1.69 bits per heavy atom. The molecule has 2 unspecified atom stereocenters. The second-order valence-corrected chi connectivity index (χ2v) is 12.1. The molecule has 4 amide bonds. The third-order valence-corrected chi connectivity index (χ3v) is 9.14. The summed E-state index contributed by atoms with van der Waals surface area (Å²) in [6.45, 7) is 5.17. The number of likely N-dealkylation sites (tertiary alicyclic amines) is 2. The predicted molar refractivity (Wildman–Crippen MR) is 140 cm³/mol. The highest BCUT2D eigenvalue weighted by Crippen LogP contribution is 2.47. The molecular formula is C28H39ClN4O3. The number of carbonyl (C=O) groups excluding carboxylic acids is 3. The third kappa shape index (κ3) is 5.51. The number of carbonyl (C=O) groups is 3. The molecule has 2 heterocycles. The minimum absolute atomic E-state index is 0.0295. The lowest BCUT2D eigenvalue weighted by molar-refractivity contribution is -0.142. The Bertz CT molecular complexity index is 983. The summed E-state index contributed by atoms with van der Waals surface area (Å²) < 4.78 is 0. The van der Waals surface area contributed by atoms with Crippen molar-refractivity contribution in [2.45, 2.75) is 63.8 Å². The smallest absolute Gasteiger partial charge is 0.317 e. The number of piperidine rings is 1. The number of amides is 4. The lowest BCUT2D eigenvalue weighted by Gasteiger charge is -2.34. The number of rotatable bonds is 7. The average molecular weight is 515 g/mol. The molecule has 2 saturated heterocycles. The van der Waals surface area contributed by atoms with Crippen molar-refractivity contribution < 1.29 is 14.4 Å². The summed E-state index contributed by atoms with van der Waals surface area (Å²) in [6, 6.07) is 7.59. The summed E-state index contributed by atoms with van der Waals surface area (Å²) in [5.41, 5.74) is 0.935. The maximum atomic E-state index is 13.6. The molecule has 1 N–H and O–H groups in total. The monoisotopic (exact) mass is 514 g/mol. The molecule has 7 nitrogen and oxygen atoms in total. The van der Waals surface area contributed by atoms with Gasteiger partial charge in [-0.3, -0.25) is 9.59 Å². The van der Waals surface area contributed by atoms with E-state index < -0.39 is 0 Å². The van der Waals surface area contributed by atoms with Gasteiger partial charge in [0.2, 0.25) is 11.8 Å². The van der Waals surface area contributed by atoms with Gasteiger partial charge in [-0.25, -0.2) is 4.79 Å². The van der Waals surface area contributed by atoms with Crippen LogP contribution in [0.3, 0.4) is 0 Å². The zero-order valence-corrected chi connectivity index (χ0v) is 22.3. The fourth-order valence-corrected chi connectivity index (χ4v) is 5.96. The summed E-state index contributed by atoms with van der Waals surface area (Å²) in [6.07, 6.45) is 6.97. The summed E-state index contributed by atoms with van der Waals surface area (Å²) in [5.74, 6) is 1.14. The maximum Gasteiger partial charge on any atom is 0.317 e. The highest BCUT2D eigenvalue weighted by molar-refractivity contribution is 6.30. The van der Waals surface area contributed by atoms with Crippen LogP contribution in [0.4, 0.5) is 4.79 Å². The number of hydrogen-bond donors (Lipinski definition) is 1. The van der Waals surface area contributed by atoms with Crippen LogP contribution in [0.15, 0.2) is 24.3 Å². The number of halogens is 1. The molecule has 0 bridgehead atoms. The number of benzene rings is 1. The average Bonchev–Trinajstić information content (AvgIpc) is 3.81. The maximum absolute atomic E-state index is 13.6. The van der Waals surface area contributed by atoms with E-state index in [0.717, 1.165) is 30.7 Å². The Morgan fingerprint density at radius 1 is 1.03 bits per heavy atom. The van der Waals surface area contributed by atoms with E-state index in [2.05, 4.69) is 5.32 Å². The molecule has 1 aromatic carbocycles. The molecule has 4 fully saturated rings. The van der Waals surface area contributed by atoms with Crippen LogP contribution >= 0.6 is 11.6 Å². The molecule has 4 aliphatic rings. The first-order chi connectivity index (χ1) is 17.2. The van der Waals surface area contributed by atoms with Crippen molar-refractivity contribution >= 4 is 29.4 Å². The van der Waals surface area contributed by atoms with Crippen molar-refractivity contribution in [3.05, 3.63) is 34.9 Å². The lowest BCUT2D eigenvalue weighted by Crippen LogP contribution is -2.48. The molecule has 2 saturated carbocycles. The van der Waals surface area contributed by atoms with E-state index >= 15 is 0 Å².